The van der Waals surface area contributed by atoms with Crippen molar-refractivity contribution in [1.29, 1.82) is 0 Å². The molecule has 57 heavy (non-hydrogen) atoms. The third-order valence-corrected chi connectivity index (χ3v) is 12.8. The molecular weight excluding hydrogens is 794 g/mol. The minimum absolute atomic E-state index is 0.0108. The lowest BCUT2D eigenvalue weighted by Crippen LogP contribution is -2.53. The van der Waals surface area contributed by atoms with Crippen LogP contribution in [0, 0.1) is 5.92 Å². The van der Waals surface area contributed by atoms with Gasteiger partial charge in [0.1, 0.15) is 17.9 Å². The standard InChI is InChI=1S/C28H39ClN2O6.C11H21NO3S2.C2H6O/c1-17(14-19-10-11-20(29)24(15-19)35-6)8-7-9-22(34-5)21-16-23(36-27(33)31-21)18(2)26-28(3,37-26)13-12-25(32)30-4;1-8(10(14)15)12(4)9(13)6-7-11(2,3)17-16-5;1-3-2/h7-11,15,18,21-23,26H,12-14,16H2,1-6H3,(H,30,32)(H,31,33);8H,6-7H2,1-5H3,(H,14,15);1-2H3/b9-7+,17-8+;;/t18-,21?,22-,23?,26+,28?;;/m1../s1. The summed E-state index contributed by atoms with van der Waals surface area (Å²) < 4.78 is 26.9. The fourth-order valence-corrected chi connectivity index (χ4v) is 8.59. The van der Waals surface area contributed by atoms with Crippen LogP contribution in [0.1, 0.15) is 79.2 Å². The molecule has 0 bridgehead atoms. The summed E-state index contributed by atoms with van der Waals surface area (Å²) in [5, 5.41) is 14.9. The van der Waals surface area contributed by atoms with Gasteiger partial charge in [-0.25, -0.2) is 9.59 Å². The van der Waals surface area contributed by atoms with E-state index >= 15 is 0 Å². The highest BCUT2D eigenvalue weighted by Crippen LogP contribution is 2.47. The van der Waals surface area contributed by atoms with Crippen molar-refractivity contribution in [1.82, 2.24) is 15.5 Å². The van der Waals surface area contributed by atoms with Crippen LogP contribution in [0.3, 0.4) is 0 Å². The summed E-state index contributed by atoms with van der Waals surface area (Å²) in [5.41, 5.74) is 1.88. The Morgan fingerprint density at radius 1 is 1.19 bits per heavy atom. The first-order chi connectivity index (χ1) is 26.7. The number of epoxide rings is 1. The van der Waals surface area contributed by atoms with Crippen molar-refractivity contribution in [3.05, 3.63) is 52.6 Å². The van der Waals surface area contributed by atoms with Crippen LogP contribution < -0.4 is 15.4 Å². The summed E-state index contributed by atoms with van der Waals surface area (Å²) in [7, 11) is 13.1. The number of amides is 3. The van der Waals surface area contributed by atoms with E-state index in [4.69, 9.17) is 35.7 Å². The van der Waals surface area contributed by atoms with E-state index in [-0.39, 0.29) is 52.4 Å². The van der Waals surface area contributed by atoms with Crippen molar-refractivity contribution in [2.75, 3.05) is 48.8 Å². The van der Waals surface area contributed by atoms with Crippen molar-refractivity contribution < 1.29 is 48.0 Å². The van der Waals surface area contributed by atoms with Crippen LogP contribution in [0.2, 0.25) is 5.02 Å². The van der Waals surface area contributed by atoms with Gasteiger partial charge in [-0.3, -0.25) is 9.59 Å². The number of nitrogens with one attached hydrogen (secondary N) is 2. The highest BCUT2D eigenvalue weighted by molar-refractivity contribution is 8.76. The Morgan fingerprint density at radius 3 is 2.40 bits per heavy atom. The monoisotopic (exact) mass is 859 g/mol. The highest BCUT2D eigenvalue weighted by Gasteiger charge is 2.57. The van der Waals surface area contributed by atoms with E-state index in [0.29, 0.717) is 36.5 Å². The quantitative estimate of drug-likeness (QED) is 0.0721. The van der Waals surface area contributed by atoms with Crippen molar-refractivity contribution in [2.45, 2.75) is 121 Å². The molecule has 7 atom stereocenters. The van der Waals surface area contributed by atoms with Gasteiger partial charge < -0.3 is 44.3 Å². The summed E-state index contributed by atoms with van der Waals surface area (Å²) in [5.74, 6) is -0.454. The fraction of sp³-hybridized carbons (Fsp3) is 0.659. The Labute approximate surface area is 353 Å². The Morgan fingerprint density at radius 2 is 1.84 bits per heavy atom. The lowest BCUT2D eigenvalue weighted by Gasteiger charge is -2.35. The van der Waals surface area contributed by atoms with E-state index in [1.807, 2.05) is 56.5 Å². The molecule has 1 aromatic rings. The smallest absolute Gasteiger partial charge is 0.407 e. The summed E-state index contributed by atoms with van der Waals surface area (Å²) in [4.78, 5) is 47.9. The number of carboxylic acids is 1. The maximum absolute atomic E-state index is 12.4. The molecule has 4 unspecified atom stereocenters. The number of hydrogen-bond acceptors (Lipinski definition) is 11. The van der Waals surface area contributed by atoms with Crippen LogP contribution in [0.5, 0.6) is 5.75 Å². The van der Waals surface area contributed by atoms with Crippen LogP contribution in [0.25, 0.3) is 0 Å². The Balaban J connectivity index is 0.000000680. The molecule has 3 rings (SSSR count). The number of carbonyl (C=O) groups is 4. The first kappa shape index (κ1) is 52.1. The predicted molar refractivity (Wildman–Crippen MR) is 230 cm³/mol. The molecule has 3 amide bonds. The third-order valence-electron chi connectivity index (χ3n) is 9.81. The number of carbonyl (C=O) groups excluding carboxylic acids is 3. The second-order valence-electron chi connectivity index (χ2n) is 15.0. The number of carboxylic acid groups (broad SMARTS) is 1. The van der Waals surface area contributed by atoms with Crippen LogP contribution in [0.15, 0.2) is 42.0 Å². The minimum atomic E-state index is -0.974. The van der Waals surface area contributed by atoms with Gasteiger partial charge in [-0.15, -0.1) is 0 Å². The normalized spacial score (nSPS) is 22.0. The van der Waals surface area contributed by atoms with E-state index in [9.17, 15) is 19.2 Å². The van der Waals surface area contributed by atoms with E-state index in [1.54, 1.807) is 57.1 Å². The zero-order chi connectivity index (χ0) is 43.5. The summed E-state index contributed by atoms with van der Waals surface area (Å²) in [6.45, 7) is 11.8. The topological polar surface area (TPSA) is 165 Å². The number of cyclic esters (lactones) is 1. The minimum Gasteiger partial charge on any atom is -0.495 e. The maximum atomic E-state index is 12.4. The summed E-state index contributed by atoms with van der Waals surface area (Å²) in [6.07, 6.45) is 10.3. The lowest BCUT2D eigenvalue weighted by atomic mass is 9.86. The molecule has 1 aromatic carbocycles. The van der Waals surface area contributed by atoms with Gasteiger partial charge in [-0.1, -0.05) is 70.0 Å². The number of aliphatic carboxylic acids is 1. The molecule has 3 N–H and O–H groups in total. The molecule has 2 fully saturated rings. The molecule has 2 aliphatic rings. The number of hydrogen-bond donors (Lipinski definition) is 3. The van der Waals surface area contributed by atoms with Gasteiger partial charge in [0.15, 0.2) is 0 Å². The average Bonchev–Trinajstić information content (AvgIpc) is 3.85. The predicted octanol–water partition coefficient (Wildman–Crippen LogP) is 7.35. The van der Waals surface area contributed by atoms with Crippen molar-refractivity contribution >= 4 is 57.1 Å². The van der Waals surface area contributed by atoms with E-state index in [0.717, 1.165) is 24.0 Å². The van der Waals surface area contributed by atoms with E-state index in [2.05, 4.69) is 36.1 Å². The number of likely N-dealkylation sites (N-methyl/N-ethyl adjacent to an activating group) is 1. The van der Waals surface area contributed by atoms with Crippen LogP contribution in [0.4, 0.5) is 4.79 Å². The highest BCUT2D eigenvalue weighted by atomic mass is 35.5. The Bertz CT molecular complexity index is 1510. The zero-order valence-electron chi connectivity index (χ0n) is 35.9. The lowest BCUT2D eigenvalue weighted by molar-refractivity contribution is -0.148. The number of nitrogens with zero attached hydrogens (tertiary/aromatic N) is 1. The van der Waals surface area contributed by atoms with Crippen molar-refractivity contribution in [3.8, 4) is 5.75 Å². The SMILES string of the molecule is CNC(=O)CCC1(C)O[C@H]1[C@H](C)C1CC([C@@H](/C=C/C=C(\C)Cc2ccc(Cl)c(OC)c2)OC)NC(=O)O1.COC.CSSC(C)(C)CCC(=O)N(C)C(C)C(=O)O. The maximum Gasteiger partial charge on any atom is 0.407 e. The molecule has 0 saturated carbocycles. The van der Waals surface area contributed by atoms with Gasteiger partial charge in [0.05, 0.1) is 36.0 Å². The largest absolute Gasteiger partial charge is 0.495 e. The molecule has 13 nitrogen and oxygen atoms in total. The van der Waals surface area contributed by atoms with Crippen LogP contribution >= 0.6 is 33.2 Å². The summed E-state index contributed by atoms with van der Waals surface area (Å²) in [6, 6.07) is 4.75. The molecule has 324 valence electrons. The number of benzene rings is 1. The van der Waals surface area contributed by atoms with Gasteiger partial charge in [-0.2, -0.15) is 0 Å². The van der Waals surface area contributed by atoms with Gasteiger partial charge in [0.25, 0.3) is 0 Å². The molecular formula is C41H66ClN3O10S2. The molecule has 2 saturated heterocycles. The summed E-state index contributed by atoms with van der Waals surface area (Å²) >= 11 is 6.12. The second-order valence-corrected chi connectivity index (χ2v) is 18.5. The van der Waals surface area contributed by atoms with Crippen LogP contribution in [-0.2, 0) is 39.8 Å². The first-order valence-corrected chi connectivity index (χ1v) is 21.8. The number of ether oxygens (including phenoxy) is 5. The number of halogens is 1. The van der Waals surface area contributed by atoms with Gasteiger partial charge >= 0.3 is 12.1 Å². The van der Waals surface area contributed by atoms with Gasteiger partial charge in [-0.05, 0) is 77.8 Å². The zero-order valence-corrected chi connectivity index (χ0v) is 38.3. The van der Waals surface area contributed by atoms with E-state index < -0.39 is 18.1 Å². The number of rotatable bonds is 19. The molecule has 16 heteroatoms. The van der Waals surface area contributed by atoms with Gasteiger partial charge in [0, 0.05) is 65.4 Å². The number of allylic oxidation sites excluding steroid dienone is 3. The third kappa shape index (κ3) is 18.2. The molecule has 0 aliphatic carbocycles. The van der Waals surface area contributed by atoms with Crippen molar-refractivity contribution in [2.24, 2.45) is 5.92 Å². The van der Waals surface area contributed by atoms with Gasteiger partial charge in [0.2, 0.25) is 11.8 Å². The number of alkyl carbamates (subject to hydrolysis) is 1. The fourth-order valence-electron chi connectivity index (χ4n) is 6.16. The number of methoxy groups -OCH3 is 3. The molecule has 2 aliphatic heterocycles. The van der Waals surface area contributed by atoms with E-state index in [1.165, 1.54) is 18.9 Å². The Kier molecular flexibility index (Phi) is 23.3. The first-order valence-electron chi connectivity index (χ1n) is 18.9. The van der Waals surface area contributed by atoms with Crippen molar-refractivity contribution in [3.63, 3.8) is 0 Å². The molecule has 0 aromatic heterocycles. The van der Waals surface area contributed by atoms with Crippen LogP contribution in [-0.4, -0.2) is 123 Å². The molecule has 0 spiro atoms. The Hall–Kier alpha value is -2.95. The molecule has 0 radical (unpaired) electrons. The average molecular weight is 861 g/mol. The second kappa shape index (κ2) is 25.5. The molecule has 2 heterocycles.